The molecule has 0 fully saturated rings. The Bertz CT molecular complexity index is 875. The van der Waals surface area contributed by atoms with Gasteiger partial charge in [0.05, 0.1) is 12.0 Å². The van der Waals surface area contributed by atoms with Gasteiger partial charge in [-0.25, -0.2) is 8.42 Å². The first-order chi connectivity index (χ1) is 12.2. The third kappa shape index (κ3) is 3.50. The predicted octanol–water partition coefficient (Wildman–Crippen LogP) is 4.27. The van der Waals surface area contributed by atoms with Crippen LogP contribution in [0.3, 0.4) is 0 Å². The third-order valence-corrected chi connectivity index (χ3v) is 7.70. The summed E-state index contributed by atoms with van der Waals surface area (Å²) >= 11 is 3.34. The Kier molecular flexibility index (Phi) is 6.13. The molecule has 0 saturated carbocycles. The van der Waals surface area contributed by atoms with Gasteiger partial charge in [0.15, 0.2) is 14.6 Å². The Balaban J connectivity index is 2.62. The van der Waals surface area contributed by atoms with Crippen LogP contribution in [0.5, 0.6) is 5.75 Å². The van der Waals surface area contributed by atoms with Gasteiger partial charge in [0, 0.05) is 10.4 Å². The molecule has 0 spiro atoms. The van der Waals surface area contributed by atoms with E-state index in [0.29, 0.717) is 17.7 Å². The van der Waals surface area contributed by atoms with Gasteiger partial charge in [-0.05, 0) is 55.3 Å². The van der Waals surface area contributed by atoms with E-state index in [1.54, 1.807) is 31.2 Å². The van der Waals surface area contributed by atoms with Gasteiger partial charge in [-0.3, -0.25) is 4.79 Å². The second-order valence-corrected chi connectivity index (χ2v) is 9.35. The molecule has 0 aliphatic rings. The summed E-state index contributed by atoms with van der Waals surface area (Å²) in [6.45, 7) is 3.07. The Labute approximate surface area is 162 Å². The van der Waals surface area contributed by atoms with E-state index < -0.39 is 26.5 Å². The SMILES string of the molecule is CCC(c1ccc(Br)cc1)C(C)(C(=O)O)S(=O)(=O)c1ccc(OC)cc1. The zero-order chi connectivity index (χ0) is 19.5. The zero-order valence-electron chi connectivity index (χ0n) is 14.8. The number of halogens is 1. The van der Waals surface area contributed by atoms with Gasteiger partial charge in [-0.2, -0.15) is 0 Å². The maximum absolute atomic E-state index is 13.3. The largest absolute Gasteiger partial charge is 0.497 e. The minimum atomic E-state index is -4.16. The lowest BCUT2D eigenvalue weighted by Gasteiger charge is -2.33. The normalized spacial score (nSPS) is 15.1. The van der Waals surface area contributed by atoms with Crippen LogP contribution in [0.15, 0.2) is 57.9 Å². The first-order valence-electron chi connectivity index (χ1n) is 8.06. The van der Waals surface area contributed by atoms with E-state index in [1.807, 2.05) is 0 Å². The number of aliphatic carboxylic acids is 1. The van der Waals surface area contributed by atoms with E-state index in [1.165, 1.54) is 38.3 Å². The van der Waals surface area contributed by atoms with Crippen molar-refractivity contribution in [3.63, 3.8) is 0 Å². The molecule has 0 heterocycles. The van der Waals surface area contributed by atoms with E-state index in [9.17, 15) is 18.3 Å². The molecule has 26 heavy (non-hydrogen) atoms. The third-order valence-electron chi connectivity index (χ3n) is 4.70. The summed E-state index contributed by atoms with van der Waals surface area (Å²) in [4.78, 5) is 12.1. The van der Waals surface area contributed by atoms with Gasteiger partial charge in [0.25, 0.3) is 0 Å². The van der Waals surface area contributed by atoms with Gasteiger partial charge >= 0.3 is 5.97 Å². The Morgan fingerprint density at radius 1 is 1.15 bits per heavy atom. The van der Waals surface area contributed by atoms with E-state index in [0.717, 1.165) is 4.47 Å². The molecule has 0 aromatic heterocycles. The predicted molar refractivity (Wildman–Crippen MR) is 103 cm³/mol. The summed E-state index contributed by atoms with van der Waals surface area (Å²) in [7, 11) is -2.68. The first-order valence-corrected chi connectivity index (χ1v) is 10.3. The molecule has 7 heteroatoms. The maximum Gasteiger partial charge on any atom is 0.325 e. The average Bonchev–Trinajstić information content (AvgIpc) is 2.63. The zero-order valence-corrected chi connectivity index (χ0v) is 17.2. The minimum Gasteiger partial charge on any atom is -0.497 e. The number of hydrogen-bond donors (Lipinski definition) is 1. The topological polar surface area (TPSA) is 80.7 Å². The summed E-state index contributed by atoms with van der Waals surface area (Å²) in [6.07, 6.45) is 0.361. The second-order valence-electron chi connectivity index (χ2n) is 6.10. The number of methoxy groups -OCH3 is 1. The van der Waals surface area contributed by atoms with Crippen LogP contribution in [0.1, 0.15) is 31.7 Å². The van der Waals surface area contributed by atoms with Gasteiger partial charge in [-0.15, -0.1) is 0 Å². The number of sulfone groups is 1. The quantitative estimate of drug-likeness (QED) is 0.694. The van der Waals surface area contributed by atoms with Crippen LogP contribution in [0.4, 0.5) is 0 Å². The van der Waals surface area contributed by atoms with Gasteiger partial charge in [-0.1, -0.05) is 35.0 Å². The molecule has 1 N–H and O–H groups in total. The van der Waals surface area contributed by atoms with Crippen molar-refractivity contribution in [2.75, 3.05) is 7.11 Å². The lowest BCUT2D eigenvalue weighted by atomic mass is 9.84. The van der Waals surface area contributed by atoms with Gasteiger partial charge < -0.3 is 9.84 Å². The monoisotopic (exact) mass is 440 g/mol. The summed E-state index contributed by atoms with van der Waals surface area (Å²) in [5.74, 6) is -1.58. The van der Waals surface area contributed by atoms with Crippen LogP contribution < -0.4 is 4.74 Å². The van der Waals surface area contributed by atoms with E-state index >= 15 is 0 Å². The summed E-state index contributed by atoms with van der Waals surface area (Å²) < 4.78 is 30.5. The fourth-order valence-corrected chi connectivity index (χ4v) is 5.24. The van der Waals surface area contributed by atoms with E-state index in [2.05, 4.69) is 15.9 Å². The number of carboxylic acid groups (broad SMARTS) is 1. The number of hydrogen-bond acceptors (Lipinski definition) is 4. The second kappa shape index (κ2) is 7.80. The van der Waals surface area contributed by atoms with Crippen molar-refractivity contribution in [3.05, 3.63) is 58.6 Å². The highest BCUT2D eigenvalue weighted by Crippen LogP contribution is 2.41. The summed E-state index contributed by atoms with van der Waals surface area (Å²) in [5, 5.41) is 9.93. The molecule has 0 saturated heterocycles. The molecule has 0 bridgehead atoms. The number of benzene rings is 2. The fourth-order valence-electron chi connectivity index (χ4n) is 3.09. The van der Waals surface area contributed by atoms with Crippen LogP contribution in [-0.4, -0.2) is 31.4 Å². The van der Waals surface area contributed by atoms with E-state index in [4.69, 9.17) is 4.74 Å². The molecule has 0 amide bonds. The van der Waals surface area contributed by atoms with Crippen molar-refractivity contribution < 1.29 is 23.1 Å². The molecule has 0 aliphatic heterocycles. The molecular formula is C19H21BrO5S. The van der Waals surface area contributed by atoms with E-state index in [-0.39, 0.29) is 4.90 Å². The molecule has 2 rings (SSSR count). The molecule has 2 atom stereocenters. The summed E-state index contributed by atoms with van der Waals surface area (Å²) in [6, 6.07) is 12.8. The Morgan fingerprint density at radius 3 is 2.12 bits per heavy atom. The van der Waals surface area contributed by atoms with Crippen LogP contribution in [-0.2, 0) is 14.6 Å². The highest BCUT2D eigenvalue weighted by molar-refractivity contribution is 9.10. The average molecular weight is 441 g/mol. The van der Waals surface area contributed by atoms with Gasteiger partial charge in [0.1, 0.15) is 5.75 Å². The molecule has 2 aromatic carbocycles. The first kappa shape index (κ1) is 20.5. The molecule has 140 valence electrons. The van der Waals surface area contributed by atoms with Crippen molar-refractivity contribution in [2.45, 2.75) is 35.8 Å². The highest BCUT2D eigenvalue weighted by Gasteiger charge is 2.53. The minimum absolute atomic E-state index is 0.0428. The van der Waals surface area contributed by atoms with Crippen LogP contribution in [0, 0.1) is 0 Å². The Hall–Kier alpha value is -1.86. The van der Waals surface area contributed by atoms with Crippen molar-refractivity contribution in [2.24, 2.45) is 0 Å². The maximum atomic E-state index is 13.3. The van der Waals surface area contributed by atoms with Crippen molar-refractivity contribution >= 4 is 31.7 Å². The molecular weight excluding hydrogens is 420 g/mol. The van der Waals surface area contributed by atoms with Crippen LogP contribution in [0.2, 0.25) is 0 Å². The van der Waals surface area contributed by atoms with Crippen molar-refractivity contribution in [1.82, 2.24) is 0 Å². The molecule has 5 nitrogen and oxygen atoms in total. The highest BCUT2D eigenvalue weighted by atomic mass is 79.9. The Morgan fingerprint density at radius 2 is 1.69 bits per heavy atom. The molecule has 2 unspecified atom stereocenters. The number of rotatable bonds is 7. The lowest BCUT2D eigenvalue weighted by Crippen LogP contribution is -2.48. The van der Waals surface area contributed by atoms with Crippen molar-refractivity contribution in [3.8, 4) is 5.75 Å². The van der Waals surface area contributed by atoms with Crippen LogP contribution in [0.25, 0.3) is 0 Å². The summed E-state index contributed by atoms with van der Waals surface area (Å²) in [5.41, 5.74) is 0.665. The number of ether oxygens (including phenoxy) is 1. The fraction of sp³-hybridized carbons (Fsp3) is 0.316. The van der Waals surface area contributed by atoms with Gasteiger partial charge in [0.2, 0.25) is 0 Å². The number of carboxylic acids is 1. The van der Waals surface area contributed by atoms with Crippen LogP contribution >= 0.6 is 15.9 Å². The molecule has 2 aromatic rings. The molecule has 0 radical (unpaired) electrons. The number of carbonyl (C=O) groups is 1. The lowest BCUT2D eigenvalue weighted by molar-refractivity contribution is -0.140. The smallest absolute Gasteiger partial charge is 0.325 e. The standard InChI is InChI=1S/C19H21BrO5S/c1-4-17(13-5-7-14(20)8-6-13)19(2,18(21)22)26(23,24)16-11-9-15(25-3)10-12-16/h5-12,17H,4H2,1-3H3,(H,21,22). The molecule has 0 aliphatic carbocycles. The van der Waals surface area contributed by atoms with Crippen molar-refractivity contribution in [1.29, 1.82) is 0 Å².